The Balaban J connectivity index is 3.69. The van der Waals surface area contributed by atoms with E-state index >= 15 is 0 Å². The molecule has 0 rings (SSSR count). The lowest BCUT2D eigenvalue weighted by Gasteiger charge is -2.23. The largest absolute Gasteiger partial charge is 0.358 e. The van der Waals surface area contributed by atoms with E-state index in [-0.39, 0.29) is 0 Å². The first-order chi connectivity index (χ1) is 8.43. The lowest BCUT2D eigenvalue weighted by Crippen LogP contribution is -2.28. The average Bonchev–Trinajstić information content (AvgIpc) is 2.25. The van der Waals surface area contributed by atoms with Crippen LogP contribution in [0.3, 0.4) is 0 Å². The van der Waals surface area contributed by atoms with Crippen LogP contribution in [0.25, 0.3) is 0 Å². The van der Waals surface area contributed by atoms with E-state index in [1.54, 1.807) is 0 Å². The minimum atomic E-state index is 0.768. The van der Waals surface area contributed by atoms with E-state index in [2.05, 4.69) is 45.2 Å². The smallest absolute Gasteiger partial charge is 0.133 e. The van der Waals surface area contributed by atoms with Gasteiger partial charge in [-0.3, -0.25) is 0 Å². The van der Waals surface area contributed by atoms with E-state index in [9.17, 15) is 0 Å². The van der Waals surface area contributed by atoms with E-state index < -0.39 is 0 Å². The van der Waals surface area contributed by atoms with Gasteiger partial charge in [0.25, 0.3) is 0 Å². The maximum absolute atomic E-state index is 5.21. The highest BCUT2D eigenvalue weighted by Gasteiger charge is 2.06. The molecule has 0 amide bonds. The van der Waals surface area contributed by atoms with E-state index in [4.69, 9.17) is 12.2 Å². The normalized spacial score (nSPS) is 11.3. The van der Waals surface area contributed by atoms with E-state index in [1.807, 2.05) is 0 Å². The lowest BCUT2D eigenvalue weighted by atomic mass is 10.1. The Labute approximate surface area is 125 Å². The topological polar surface area (TPSA) is 3.24 Å². The highest BCUT2D eigenvalue weighted by atomic mass is 32.1. The summed E-state index contributed by atoms with van der Waals surface area (Å²) in [6.07, 6.45) is 7.72. The van der Waals surface area contributed by atoms with E-state index in [0.29, 0.717) is 0 Å². The van der Waals surface area contributed by atoms with Crippen LogP contribution >= 0.6 is 24.8 Å². The molecule has 0 unspecified atom stereocenters. The summed E-state index contributed by atoms with van der Waals surface area (Å²) in [5, 5.41) is 0. The molecule has 0 aromatic rings. The second-order valence-electron chi connectivity index (χ2n) is 6.05. The molecule has 0 atom stereocenters. The van der Waals surface area contributed by atoms with Gasteiger partial charge in [-0.15, -0.1) is 12.6 Å². The lowest BCUT2D eigenvalue weighted by molar-refractivity contribution is 0.385. The van der Waals surface area contributed by atoms with Crippen molar-refractivity contribution in [2.75, 3.05) is 13.1 Å². The van der Waals surface area contributed by atoms with Crippen molar-refractivity contribution < 1.29 is 0 Å². The molecule has 0 spiro atoms. The van der Waals surface area contributed by atoms with Crippen molar-refractivity contribution in [1.29, 1.82) is 0 Å². The van der Waals surface area contributed by atoms with Gasteiger partial charge in [-0.1, -0.05) is 65.6 Å². The third kappa shape index (κ3) is 11.3. The van der Waals surface area contributed by atoms with Crippen LogP contribution in [-0.2, 0) is 0 Å². The highest BCUT2D eigenvalue weighted by molar-refractivity contribution is 8.10. The standard InChI is InChI=1S/C15H31NS2/c1-13(2)9-5-7-11-16(15(17)18)12-8-6-10-14(3)4/h13-14H,5-12H2,1-4H3,(H,17,18). The van der Waals surface area contributed by atoms with Gasteiger partial charge in [0, 0.05) is 13.1 Å². The number of thiol groups is 1. The average molecular weight is 290 g/mol. The van der Waals surface area contributed by atoms with Crippen molar-refractivity contribution >= 4 is 29.2 Å². The van der Waals surface area contributed by atoms with Gasteiger partial charge in [0.2, 0.25) is 0 Å². The number of rotatable bonds is 10. The molecule has 0 aliphatic heterocycles. The van der Waals surface area contributed by atoms with Crippen molar-refractivity contribution in [1.82, 2.24) is 4.90 Å². The van der Waals surface area contributed by atoms with Crippen LogP contribution in [0.2, 0.25) is 0 Å². The second-order valence-corrected chi connectivity index (χ2v) is 7.16. The maximum atomic E-state index is 5.21. The Hall–Kier alpha value is 0.240. The molecule has 3 heteroatoms. The summed E-state index contributed by atoms with van der Waals surface area (Å²) in [6.45, 7) is 11.3. The highest BCUT2D eigenvalue weighted by Crippen LogP contribution is 2.11. The van der Waals surface area contributed by atoms with Crippen molar-refractivity contribution in [2.24, 2.45) is 11.8 Å². The fourth-order valence-corrected chi connectivity index (χ4v) is 2.40. The Morgan fingerprint density at radius 2 is 1.28 bits per heavy atom. The number of hydrogen-bond donors (Lipinski definition) is 1. The molecule has 18 heavy (non-hydrogen) atoms. The number of nitrogens with zero attached hydrogens (tertiary/aromatic N) is 1. The molecule has 0 saturated carbocycles. The molecular weight excluding hydrogens is 258 g/mol. The van der Waals surface area contributed by atoms with E-state index in [0.717, 1.165) is 29.2 Å². The minimum Gasteiger partial charge on any atom is -0.358 e. The molecule has 0 aliphatic rings. The van der Waals surface area contributed by atoms with Crippen LogP contribution in [0.5, 0.6) is 0 Å². The Bertz CT molecular complexity index is 199. The van der Waals surface area contributed by atoms with Crippen LogP contribution in [0, 0.1) is 11.8 Å². The first kappa shape index (κ1) is 18.2. The van der Waals surface area contributed by atoms with Crippen molar-refractivity contribution in [2.45, 2.75) is 66.2 Å². The maximum Gasteiger partial charge on any atom is 0.133 e. The minimum absolute atomic E-state index is 0.768. The van der Waals surface area contributed by atoms with Gasteiger partial charge < -0.3 is 4.90 Å². The predicted octanol–water partition coefficient (Wildman–Crippen LogP) is 5.16. The molecule has 0 heterocycles. The fraction of sp³-hybridized carbons (Fsp3) is 0.933. The summed E-state index contributed by atoms with van der Waals surface area (Å²) in [5.41, 5.74) is 0. The Morgan fingerprint density at radius 1 is 0.889 bits per heavy atom. The second kappa shape index (κ2) is 11.1. The summed E-state index contributed by atoms with van der Waals surface area (Å²) in [6, 6.07) is 0. The van der Waals surface area contributed by atoms with Crippen LogP contribution in [0.15, 0.2) is 0 Å². The van der Waals surface area contributed by atoms with Gasteiger partial charge in [-0.05, 0) is 24.7 Å². The number of thiocarbonyl (C=S) groups is 1. The van der Waals surface area contributed by atoms with Crippen LogP contribution < -0.4 is 0 Å². The SMILES string of the molecule is CC(C)CCCCN(CCCCC(C)C)C(=S)S. The van der Waals surface area contributed by atoms with Gasteiger partial charge >= 0.3 is 0 Å². The first-order valence-electron chi connectivity index (χ1n) is 7.41. The van der Waals surface area contributed by atoms with Crippen molar-refractivity contribution in [3.8, 4) is 0 Å². The molecule has 0 aliphatic carbocycles. The zero-order valence-electron chi connectivity index (χ0n) is 12.6. The third-order valence-electron chi connectivity index (χ3n) is 3.19. The molecule has 1 nitrogen and oxygen atoms in total. The predicted molar refractivity (Wildman–Crippen MR) is 90.5 cm³/mol. The summed E-state index contributed by atoms with van der Waals surface area (Å²) >= 11 is 9.55. The number of hydrogen-bond acceptors (Lipinski definition) is 1. The van der Waals surface area contributed by atoms with Gasteiger partial charge in [0.05, 0.1) is 0 Å². The molecule has 108 valence electrons. The summed E-state index contributed by atoms with van der Waals surface area (Å²) in [7, 11) is 0. The Morgan fingerprint density at radius 3 is 1.56 bits per heavy atom. The van der Waals surface area contributed by atoms with Gasteiger partial charge in [0.1, 0.15) is 4.32 Å². The zero-order chi connectivity index (χ0) is 14.0. The first-order valence-corrected chi connectivity index (χ1v) is 8.27. The van der Waals surface area contributed by atoms with Crippen molar-refractivity contribution in [3.63, 3.8) is 0 Å². The fourth-order valence-electron chi connectivity index (χ4n) is 2.01. The summed E-state index contributed by atoms with van der Waals surface area (Å²) in [5.74, 6) is 1.62. The van der Waals surface area contributed by atoms with Crippen LogP contribution in [0.4, 0.5) is 0 Å². The van der Waals surface area contributed by atoms with Crippen molar-refractivity contribution in [3.05, 3.63) is 0 Å². The third-order valence-corrected chi connectivity index (χ3v) is 3.73. The van der Waals surface area contributed by atoms with Gasteiger partial charge in [-0.25, -0.2) is 0 Å². The molecule has 0 aromatic carbocycles. The Kier molecular flexibility index (Phi) is 11.2. The molecule has 0 radical (unpaired) electrons. The quantitative estimate of drug-likeness (QED) is 0.336. The number of unbranched alkanes of at least 4 members (excludes halogenated alkanes) is 2. The molecule has 0 fully saturated rings. The monoisotopic (exact) mass is 289 g/mol. The van der Waals surface area contributed by atoms with Gasteiger partial charge in [0.15, 0.2) is 0 Å². The van der Waals surface area contributed by atoms with E-state index in [1.165, 1.54) is 38.5 Å². The molecule has 0 bridgehead atoms. The summed E-state index contributed by atoms with van der Waals surface area (Å²) < 4.78 is 0.768. The molecule has 0 aromatic heterocycles. The molecular formula is C15H31NS2. The molecule has 0 N–H and O–H groups in total. The van der Waals surface area contributed by atoms with Crippen LogP contribution in [0.1, 0.15) is 66.2 Å². The molecule has 0 saturated heterocycles. The zero-order valence-corrected chi connectivity index (χ0v) is 14.3. The van der Waals surface area contributed by atoms with Gasteiger partial charge in [-0.2, -0.15) is 0 Å². The summed E-state index contributed by atoms with van der Waals surface area (Å²) in [4.78, 5) is 2.26. The van der Waals surface area contributed by atoms with Crippen LogP contribution in [-0.4, -0.2) is 22.3 Å².